The van der Waals surface area contributed by atoms with E-state index in [1.54, 1.807) is 6.08 Å². The van der Waals surface area contributed by atoms with E-state index < -0.39 is 27.0 Å². The van der Waals surface area contributed by atoms with Crippen molar-refractivity contribution >= 4 is 32.5 Å². The molecule has 1 fully saturated rings. The summed E-state index contributed by atoms with van der Waals surface area (Å²) < 4.78 is 34.6. The van der Waals surface area contributed by atoms with Gasteiger partial charge in [-0.1, -0.05) is 55.0 Å². The number of non-ortho nitro benzene ring substituents is 1. The molecule has 0 spiro atoms. The number of sulfonamides is 1. The van der Waals surface area contributed by atoms with Gasteiger partial charge >= 0.3 is 5.97 Å². The molecule has 3 aromatic carbocycles. The molecule has 1 saturated carbocycles. The maximum atomic E-state index is 13.8. The van der Waals surface area contributed by atoms with Crippen LogP contribution < -0.4 is 0 Å². The molecule has 5 rings (SSSR count). The average Bonchev–Trinajstić information content (AvgIpc) is 3.35. The van der Waals surface area contributed by atoms with Gasteiger partial charge in [0.05, 0.1) is 21.4 Å². The van der Waals surface area contributed by atoms with Crippen LogP contribution in [0.15, 0.2) is 83.3 Å². The summed E-state index contributed by atoms with van der Waals surface area (Å²) in [4.78, 5) is 23.8. The van der Waals surface area contributed by atoms with Crippen LogP contribution in [0.2, 0.25) is 0 Å². The largest absolute Gasteiger partial charge is 0.459 e. The zero-order valence-electron chi connectivity index (χ0n) is 19.6. The molecule has 36 heavy (non-hydrogen) atoms. The highest BCUT2D eigenvalue weighted by atomic mass is 32.2. The molecule has 2 aliphatic rings. The first-order chi connectivity index (χ1) is 17.4. The quantitative estimate of drug-likeness (QED) is 0.255. The first kappa shape index (κ1) is 24.1. The molecule has 9 heteroatoms. The Labute approximate surface area is 209 Å². The van der Waals surface area contributed by atoms with Gasteiger partial charge in [-0.3, -0.25) is 10.1 Å². The first-order valence-corrected chi connectivity index (χ1v) is 13.5. The van der Waals surface area contributed by atoms with Crippen molar-refractivity contribution in [3.63, 3.8) is 0 Å². The number of ether oxygens (including phenoxy) is 1. The Bertz CT molecular complexity index is 1440. The lowest BCUT2D eigenvalue weighted by Gasteiger charge is -2.28. The number of nitrogens with zero attached hydrogens (tertiary/aromatic N) is 2. The van der Waals surface area contributed by atoms with Crippen LogP contribution in [-0.2, 0) is 19.6 Å². The summed E-state index contributed by atoms with van der Waals surface area (Å²) in [6.45, 7) is -0.0116. The lowest BCUT2D eigenvalue weighted by molar-refractivity contribution is -0.384. The summed E-state index contributed by atoms with van der Waals surface area (Å²) in [5.74, 6) is -0.499. The molecule has 0 saturated heterocycles. The summed E-state index contributed by atoms with van der Waals surface area (Å²) >= 11 is 0. The van der Waals surface area contributed by atoms with Crippen LogP contribution in [0.3, 0.4) is 0 Å². The molecule has 186 valence electrons. The molecular weight excluding hydrogens is 480 g/mol. The fraction of sp³-hybridized carbons (Fsp3) is 0.296. The molecule has 0 radical (unpaired) electrons. The molecular formula is C27H26N2O6S. The van der Waals surface area contributed by atoms with Crippen molar-refractivity contribution in [1.29, 1.82) is 0 Å². The molecule has 1 unspecified atom stereocenters. The summed E-state index contributed by atoms with van der Waals surface area (Å²) in [6.07, 6.45) is 6.21. The van der Waals surface area contributed by atoms with E-state index in [1.807, 2.05) is 42.5 Å². The molecule has 8 nitrogen and oxygen atoms in total. The number of esters is 1. The fourth-order valence-electron chi connectivity index (χ4n) is 5.08. The second-order valence-corrected chi connectivity index (χ2v) is 11.0. The van der Waals surface area contributed by atoms with Crippen molar-refractivity contribution in [2.24, 2.45) is 0 Å². The maximum Gasteiger partial charge on any atom is 0.336 e. The second kappa shape index (κ2) is 9.83. The predicted octanol–water partition coefficient (Wildman–Crippen LogP) is 5.30. The minimum atomic E-state index is -4.10. The predicted molar refractivity (Wildman–Crippen MR) is 135 cm³/mol. The number of carbonyl (C=O) groups is 1. The van der Waals surface area contributed by atoms with Crippen LogP contribution in [0.25, 0.3) is 10.8 Å². The molecule has 0 aromatic heterocycles. The van der Waals surface area contributed by atoms with Crippen molar-refractivity contribution in [3.8, 4) is 0 Å². The van der Waals surface area contributed by atoms with E-state index in [9.17, 15) is 23.3 Å². The Kier molecular flexibility index (Phi) is 6.59. The summed E-state index contributed by atoms with van der Waals surface area (Å²) in [6, 6.07) is 17.1. The van der Waals surface area contributed by atoms with Gasteiger partial charge in [0.2, 0.25) is 10.0 Å². The summed E-state index contributed by atoms with van der Waals surface area (Å²) in [5, 5.41) is 12.8. The standard InChI is InChI=1S/C27H26N2O6S/c30-27(35-21-9-2-1-3-10-21)25-17-18-28(36(33,34)22-15-13-20(14-16-22)29(31)32)26(25)24-12-6-8-19-7-4-5-11-23(19)24/h4-8,11-17,21,26H,1-3,9-10,18H2. The fourth-order valence-corrected chi connectivity index (χ4v) is 6.61. The van der Waals surface area contributed by atoms with Crippen molar-refractivity contribution in [2.75, 3.05) is 6.54 Å². The van der Waals surface area contributed by atoms with Gasteiger partial charge in [-0.2, -0.15) is 4.31 Å². The van der Waals surface area contributed by atoms with E-state index >= 15 is 0 Å². The number of hydrogen-bond acceptors (Lipinski definition) is 6. The van der Waals surface area contributed by atoms with E-state index in [0.29, 0.717) is 11.1 Å². The van der Waals surface area contributed by atoms with Gasteiger partial charge < -0.3 is 4.74 Å². The molecule has 0 N–H and O–H groups in total. The van der Waals surface area contributed by atoms with Gasteiger partial charge in [0.25, 0.3) is 5.69 Å². The monoisotopic (exact) mass is 506 g/mol. The minimum Gasteiger partial charge on any atom is -0.459 e. The highest BCUT2D eigenvalue weighted by molar-refractivity contribution is 7.89. The minimum absolute atomic E-state index is 0.0116. The van der Waals surface area contributed by atoms with Crippen molar-refractivity contribution in [1.82, 2.24) is 4.31 Å². The number of rotatable bonds is 6. The molecule has 1 atom stereocenters. The van der Waals surface area contributed by atoms with Gasteiger partial charge in [-0.15, -0.1) is 0 Å². The number of carbonyl (C=O) groups excluding carboxylic acids is 1. The number of fused-ring (bicyclic) bond motifs is 1. The van der Waals surface area contributed by atoms with Gasteiger partial charge in [0, 0.05) is 18.7 Å². The Morgan fingerprint density at radius 3 is 2.36 bits per heavy atom. The topological polar surface area (TPSA) is 107 Å². The highest BCUT2D eigenvalue weighted by Crippen LogP contribution is 2.41. The van der Waals surface area contributed by atoms with E-state index in [4.69, 9.17) is 4.74 Å². The summed E-state index contributed by atoms with van der Waals surface area (Å²) in [7, 11) is -4.10. The van der Waals surface area contributed by atoms with E-state index in [-0.39, 0.29) is 23.2 Å². The molecule has 1 aliphatic heterocycles. The number of benzene rings is 3. The van der Waals surface area contributed by atoms with Crippen molar-refractivity contribution in [2.45, 2.75) is 49.1 Å². The van der Waals surface area contributed by atoms with Crippen LogP contribution in [-0.4, -0.2) is 36.3 Å². The van der Waals surface area contributed by atoms with Gasteiger partial charge in [-0.05, 0) is 54.2 Å². The highest BCUT2D eigenvalue weighted by Gasteiger charge is 2.42. The lowest BCUT2D eigenvalue weighted by Crippen LogP contribution is -2.34. The Hall–Kier alpha value is -3.56. The molecule has 1 heterocycles. The zero-order chi connectivity index (χ0) is 25.3. The van der Waals surface area contributed by atoms with E-state index in [2.05, 4.69) is 0 Å². The van der Waals surface area contributed by atoms with Crippen molar-refractivity contribution < 1.29 is 22.9 Å². The number of nitro groups is 1. The van der Waals surface area contributed by atoms with Crippen LogP contribution in [0.1, 0.15) is 43.7 Å². The molecule has 0 amide bonds. The smallest absolute Gasteiger partial charge is 0.336 e. The Morgan fingerprint density at radius 1 is 0.944 bits per heavy atom. The third kappa shape index (κ3) is 4.52. The Morgan fingerprint density at radius 2 is 1.64 bits per heavy atom. The molecule has 1 aliphatic carbocycles. The molecule has 0 bridgehead atoms. The second-order valence-electron chi connectivity index (χ2n) is 9.12. The third-order valence-corrected chi connectivity index (χ3v) is 8.75. The van der Waals surface area contributed by atoms with Gasteiger partial charge in [-0.25, -0.2) is 13.2 Å². The van der Waals surface area contributed by atoms with Crippen LogP contribution >= 0.6 is 0 Å². The normalized spacial score (nSPS) is 19.2. The SMILES string of the molecule is O=C(OC1CCCCC1)C1=CCN(S(=O)(=O)c2ccc([N+](=O)[O-])cc2)C1c1cccc2ccccc12. The third-order valence-electron chi connectivity index (χ3n) is 6.91. The van der Waals surface area contributed by atoms with Crippen molar-refractivity contribution in [3.05, 3.63) is 94.1 Å². The first-order valence-electron chi connectivity index (χ1n) is 12.0. The van der Waals surface area contributed by atoms with Crippen LogP contribution in [0.5, 0.6) is 0 Å². The van der Waals surface area contributed by atoms with Crippen LogP contribution in [0.4, 0.5) is 5.69 Å². The Balaban J connectivity index is 1.56. The number of hydrogen-bond donors (Lipinski definition) is 0. The molecule has 3 aromatic rings. The zero-order valence-corrected chi connectivity index (χ0v) is 20.4. The van der Waals surface area contributed by atoms with E-state index in [0.717, 1.165) is 42.9 Å². The van der Waals surface area contributed by atoms with E-state index in [1.165, 1.54) is 28.6 Å². The van der Waals surface area contributed by atoms with Crippen LogP contribution in [0, 0.1) is 10.1 Å². The van der Waals surface area contributed by atoms with Gasteiger partial charge in [0.15, 0.2) is 0 Å². The summed E-state index contributed by atoms with van der Waals surface area (Å²) in [5.41, 5.74) is 0.779. The number of nitro benzene ring substituents is 1. The maximum absolute atomic E-state index is 13.8. The van der Waals surface area contributed by atoms with Gasteiger partial charge in [0.1, 0.15) is 6.10 Å². The lowest BCUT2D eigenvalue weighted by atomic mass is 9.94. The average molecular weight is 507 g/mol.